The smallest absolute Gasteiger partial charge is 0.317 e. The van der Waals surface area contributed by atoms with Crippen LogP contribution in [0.25, 0.3) is 0 Å². The second-order valence-electron chi connectivity index (χ2n) is 5.07. The van der Waals surface area contributed by atoms with Crippen LogP contribution in [0.3, 0.4) is 0 Å². The number of hydrogen-bond donors (Lipinski definition) is 1. The highest BCUT2D eigenvalue weighted by Gasteiger charge is 2.33. The molecule has 0 aliphatic carbocycles. The Bertz CT molecular complexity index is 413. The van der Waals surface area contributed by atoms with Gasteiger partial charge in [-0.05, 0) is 38.9 Å². The quantitative estimate of drug-likeness (QED) is 0.906. The van der Waals surface area contributed by atoms with Crippen molar-refractivity contribution in [3.8, 4) is 0 Å². The maximum Gasteiger partial charge on any atom is 0.427 e. The van der Waals surface area contributed by atoms with Gasteiger partial charge in [-0.25, -0.2) is 4.98 Å². The monoisotopic (exact) mass is 307 g/mol. The zero-order valence-electron chi connectivity index (χ0n) is 11.5. The van der Waals surface area contributed by atoms with E-state index < -0.39 is 11.1 Å². The summed E-state index contributed by atoms with van der Waals surface area (Å²) in [5.41, 5.74) is 0. The molecule has 0 radical (unpaired) electrons. The molecule has 0 unspecified atom stereocenters. The first kappa shape index (κ1) is 15.7. The molecule has 0 amide bonds. The molecular formula is C13H20F3N3S. The predicted molar refractivity (Wildman–Crippen MR) is 73.7 cm³/mol. The normalized spacial score (nSPS) is 17.9. The van der Waals surface area contributed by atoms with Gasteiger partial charge in [-0.15, -0.1) is 11.3 Å². The lowest BCUT2D eigenvalue weighted by molar-refractivity contribution is -0.134. The molecule has 1 N–H and O–H groups in total. The minimum Gasteiger partial charge on any atom is -0.317 e. The van der Waals surface area contributed by atoms with Crippen LogP contribution in [-0.2, 0) is 12.7 Å². The first-order valence-corrected chi connectivity index (χ1v) is 7.79. The van der Waals surface area contributed by atoms with Crippen molar-refractivity contribution in [2.75, 3.05) is 19.6 Å². The van der Waals surface area contributed by atoms with Crippen LogP contribution in [0, 0.1) is 0 Å². The van der Waals surface area contributed by atoms with Gasteiger partial charge in [0.15, 0.2) is 0 Å². The van der Waals surface area contributed by atoms with Crippen molar-refractivity contribution >= 4 is 11.3 Å². The lowest BCUT2D eigenvalue weighted by Crippen LogP contribution is -2.43. The topological polar surface area (TPSA) is 28.2 Å². The number of nitrogens with zero attached hydrogens (tertiary/aromatic N) is 2. The number of halogens is 3. The third-order valence-electron chi connectivity index (χ3n) is 3.51. The SMILES string of the molecule is CCCN(Cc1ncc(C(F)(F)F)s1)C1CCNCC1. The van der Waals surface area contributed by atoms with Crippen LogP contribution in [0.2, 0.25) is 0 Å². The fraction of sp³-hybridized carbons (Fsp3) is 0.769. The van der Waals surface area contributed by atoms with E-state index in [1.165, 1.54) is 0 Å². The summed E-state index contributed by atoms with van der Waals surface area (Å²) in [7, 11) is 0. The van der Waals surface area contributed by atoms with Crippen molar-refractivity contribution in [2.45, 2.75) is 44.9 Å². The largest absolute Gasteiger partial charge is 0.427 e. The molecule has 20 heavy (non-hydrogen) atoms. The molecule has 3 nitrogen and oxygen atoms in total. The van der Waals surface area contributed by atoms with Gasteiger partial charge in [0.1, 0.15) is 9.88 Å². The molecule has 0 bridgehead atoms. The maximum absolute atomic E-state index is 12.6. The van der Waals surface area contributed by atoms with Crippen LogP contribution < -0.4 is 5.32 Å². The van der Waals surface area contributed by atoms with Gasteiger partial charge in [0.25, 0.3) is 0 Å². The van der Waals surface area contributed by atoms with Crippen molar-refractivity contribution in [1.29, 1.82) is 0 Å². The molecule has 1 aliphatic heterocycles. The third-order valence-corrected chi connectivity index (χ3v) is 4.53. The lowest BCUT2D eigenvalue weighted by Gasteiger charge is -2.33. The van der Waals surface area contributed by atoms with Gasteiger partial charge in [-0.2, -0.15) is 13.2 Å². The standard InChI is InChI=1S/C13H20F3N3S/c1-2-7-19(10-3-5-17-6-4-10)9-12-18-8-11(20-12)13(14,15)16/h8,10,17H,2-7,9H2,1H3. The Morgan fingerprint density at radius 3 is 2.65 bits per heavy atom. The highest BCUT2D eigenvalue weighted by Crippen LogP contribution is 2.33. The fourth-order valence-corrected chi connectivity index (χ4v) is 3.35. The summed E-state index contributed by atoms with van der Waals surface area (Å²) in [6.07, 6.45) is -0.219. The summed E-state index contributed by atoms with van der Waals surface area (Å²) < 4.78 is 37.8. The van der Waals surface area contributed by atoms with E-state index in [0.29, 0.717) is 17.6 Å². The van der Waals surface area contributed by atoms with Crippen molar-refractivity contribution < 1.29 is 13.2 Å². The van der Waals surface area contributed by atoms with Crippen LogP contribution in [0.1, 0.15) is 36.1 Å². The van der Waals surface area contributed by atoms with Crippen LogP contribution in [0.15, 0.2) is 6.20 Å². The zero-order valence-corrected chi connectivity index (χ0v) is 12.4. The Balaban J connectivity index is 2.01. The molecule has 7 heteroatoms. The number of alkyl halides is 3. The van der Waals surface area contributed by atoms with Gasteiger partial charge >= 0.3 is 6.18 Å². The number of hydrogen-bond acceptors (Lipinski definition) is 4. The van der Waals surface area contributed by atoms with E-state index in [0.717, 1.165) is 56.4 Å². The van der Waals surface area contributed by atoms with Crippen molar-refractivity contribution in [2.24, 2.45) is 0 Å². The van der Waals surface area contributed by atoms with E-state index >= 15 is 0 Å². The second-order valence-corrected chi connectivity index (χ2v) is 6.18. The molecule has 0 spiro atoms. The molecule has 114 valence electrons. The molecular weight excluding hydrogens is 287 g/mol. The van der Waals surface area contributed by atoms with Gasteiger partial charge in [-0.3, -0.25) is 4.90 Å². The molecule has 2 rings (SSSR count). The Labute approximate surface area is 121 Å². The van der Waals surface area contributed by atoms with Crippen LogP contribution >= 0.6 is 11.3 Å². The summed E-state index contributed by atoms with van der Waals surface area (Å²) in [5, 5.41) is 3.87. The van der Waals surface area contributed by atoms with E-state index in [1.807, 2.05) is 0 Å². The number of aromatic nitrogens is 1. The average Bonchev–Trinajstić information content (AvgIpc) is 2.88. The highest BCUT2D eigenvalue weighted by molar-refractivity contribution is 7.11. The lowest BCUT2D eigenvalue weighted by atomic mass is 10.0. The Morgan fingerprint density at radius 1 is 1.40 bits per heavy atom. The fourth-order valence-electron chi connectivity index (χ4n) is 2.54. The molecule has 0 atom stereocenters. The number of rotatable bonds is 5. The summed E-state index contributed by atoms with van der Waals surface area (Å²) >= 11 is 0.765. The zero-order chi connectivity index (χ0) is 14.6. The van der Waals surface area contributed by atoms with Gasteiger partial charge < -0.3 is 5.32 Å². The molecule has 2 heterocycles. The van der Waals surface area contributed by atoms with E-state index in [9.17, 15) is 13.2 Å². The van der Waals surface area contributed by atoms with Gasteiger partial charge in [0, 0.05) is 6.04 Å². The maximum atomic E-state index is 12.6. The van der Waals surface area contributed by atoms with Crippen LogP contribution in [-0.4, -0.2) is 35.6 Å². The minimum absolute atomic E-state index is 0.453. The number of piperidine rings is 1. The van der Waals surface area contributed by atoms with Crippen molar-refractivity contribution in [1.82, 2.24) is 15.2 Å². The van der Waals surface area contributed by atoms with E-state index in [2.05, 4.69) is 22.1 Å². The van der Waals surface area contributed by atoms with E-state index in [-0.39, 0.29) is 0 Å². The number of thiazole rings is 1. The molecule has 0 saturated carbocycles. The predicted octanol–water partition coefficient (Wildman–Crippen LogP) is 3.13. The minimum atomic E-state index is -4.28. The molecule has 0 aromatic carbocycles. The first-order valence-electron chi connectivity index (χ1n) is 6.97. The molecule has 1 saturated heterocycles. The Kier molecular flexibility index (Phi) is 5.40. The van der Waals surface area contributed by atoms with Crippen LogP contribution in [0.4, 0.5) is 13.2 Å². The summed E-state index contributed by atoms with van der Waals surface area (Å²) in [4.78, 5) is 5.62. The third kappa shape index (κ3) is 4.17. The number of nitrogens with one attached hydrogen (secondary N) is 1. The highest BCUT2D eigenvalue weighted by atomic mass is 32.1. The molecule has 1 fully saturated rings. The molecule has 1 aliphatic rings. The second kappa shape index (κ2) is 6.87. The van der Waals surface area contributed by atoms with Crippen LogP contribution in [0.5, 0.6) is 0 Å². The van der Waals surface area contributed by atoms with Gasteiger partial charge in [0.2, 0.25) is 0 Å². The van der Waals surface area contributed by atoms with E-state index in [4.69, 9.17) is 0 Å². The summed E-state index contributed by atoms with van der Waals surface area (Å²) in [6.45, 7) is 5.50. The molecule has 1 aromatic rings. The van der Waals surface area contributed by atoms with E-state index in [1.54, 1.807) is 0 Å². The first-order chi connectivity index (χ1) is 9.50. The Hall–Kier alpha value is -0.660. The summed E-state index contributed by atoms with van der Waals surface area (Å²) in [6, 6.07) is 0.453. The Morgan fingerprint density at radius 2 is 2.10 bits per heavy atom. The van der Waals surface area contributed by atoms with Crippen molar-refractivity contribution in [3.05, 3.63) is 16.1 Å². The molecule has 1 aromatic heterocycles. The average molecular weight is 307 g/mol. The van der Waals surface area contributed by atoms with Gasteiger partial charge in [0.05, 0.1) is 12.7 Å². The summed E-state index contributed by atoms with van der Waals surface area (Å²) in [5.74, 6) is 0. The van der Waals surface area contributed by atoms with Gasteiger partial charge in [-0.1, -0.05) is 6.92 Å². The van der Waals surface area contributed by atoms with Crippen molar-refractivity contribution in [3.63, 3.8) is 0 Å².